The lowest BCUT2D eigenvalue weighted by Gasteiger charge is -2.30. The Morgan fingerprint density at radius 3 is 2.88 bits per heavy atom. The fourth-order valence-electron chi connectivity index (χ4n) is 3.33. The van der Waals surface area contributed by atoms with Crippen LogP contribution in [0.15, 0.2) is 23.5 Å². The van der Waals surface area contributed by atoms with Crippen molar-refractivity contribution in [3.63, 3.8) is 0 Å². The minimum Gasteiger partial charge on any atom is -0.357 e. The molecule has 0 aliphatic heterocycles. The highest BCUT2D eigenvalue weighted by Crippen LogP contribution is 2.23. The topological polar surface area (TPSA) is 66.4 Å². The van der Waals surface area contributed by atoms with Gasteiger partial charge in [0.15, 0.2) is 5.96 Å². The first-order chi connectivity index (χ1) is 12.1. The molecule has 2 rings (SSSR count). The first-order valence-corrected chi connectivity index (χ1v) is 10.8. The maximum Gasteiger partial charge on any atom is 0.191 e. The van der Waals surface area contributed by atoms with Gasteiger partial charge in [-0.1, -0.05) is 13.3 Å². The van der Waals surface area contributed by atoms with Crippen LogP contribution >= 0.6 is 24.0 Å². The number of aromatic nitrogens is 1. The molecule has 5 nitrogen and oxygen atoms in total. The molecule has 148 valence electrons. The Bertz CT molecular complexity index is 597. The number of rotatable bonds is 7. The second-order valence-corrected chi connectivity index (χ2v) is 8.62. The molecule has 0 radical (unpaired) electrons. The first kappa shape index (κ1) is 23.3. The fraction of sp³-hybridized carbons (Fsp3) is 0.684. The van der Waals surface area contributed by atoms with Gasteiger partial charge in [0, 0.05) is 53.3 Å². The van der Waals surface area contributed by atoms with E-state index in [1.54, 1.807) is 0 Å². The number of hydrogen-bond donors (Lipinski definition) is 2. The van der Waals surface area contributed by atoms with Gasteiger partial charge in [-0.15, -0.1) is 24.0 Å². The van der Waals surface area contributed by atoms with Gasteiger partial charge in [-0.25, -0.2) is 0 Å². The van der Waals surface area contributed by atoms with Crippen molar-refractivity contribution in [1.82, 2.24) is 15.6 Å². The standard InChI is InChI=1S/C19H32N4OS.HI/c1-4-21-19(22-12-10-16-9-11-20-14-15(16)3)23-17-7-6-8-18(13-17)25(24)5-2;/h9,11,14,17-18H,4-8,10,12-13H2,1-3H3,(H2,21,22,23);1H. The monoisotopic (exact) mass is 492 g/mol. The molecule has 1 aliphatic rings. The van der Waals surface area contributed by atoms with Crippen LogP contribution in [0, 0.1) is 6.92 Å². The zero-order valence-electron chi connectivity index (χ0n) is 16.2. The van der Waals surface area contributed by atoms with E-state index in [1.807, 2.05) is 19.3 Å². The Balaban J connectivity index is 0.00000338. The van der Waals surface area contributed by atoms with Crippen LogP contribution < -0.4 is 10.6 Å². The number of nitrogens with one attached hydrogen (secondary N) is 2. The summed E-state index contributed by atoms with van der Waals surface area (Å²) in [4.78, 5) is 8.87. The van der Waals surface area contributed by atoms with Crippen LogP contribution in [0.4, 0.5) is 0 Å². The van der Waals surface area contributed by atoms with Gasteiger partial charge in [-0.05, 0) is 56.7 Å². The lowest BCUT2D eigenvalue weighted by molar-refractivity contribution is 0.413. The molecule has 3 atom stereocenters. The van der Waals surface area contributed by atoms with Crippen molar-refractivity contribution in [2.24, 2.45) is 4.99 Å². The van der Waals surface area contributed by atoms with Crippen LogP contribution in [0.2, 0.25) is 0 Å². The van der Waals surface area contributed by atoms with Gasteiger partial charge in [0.1, 0.15) is 0 Å². The molecule has 0 bridgehead atoms. The van der Waals surface area contributed by atoms with Crippen molar-refractivity contribution < 1.29 is 4.21 Å². The zero-order chi connectivity index (χ0) is 18.1. The molecule has 26 heavy (non-hydrogen) atoms. The summed E-state index contributed by atoms with van der Waals surface area (Å²) in [6.07, 6.45) is 9.00. The highest BCUT2D eigenvalue weighted by atomic mass is 127. The Labute approximate surface area is 177 Å². The summed E-state index contributed by atoms with van der Waals surface area (Å²) in [6, 6.07) is 2.44. The smallest absolute Gasteiger partial charge is 0.191 e. The predicted molar refractivity (Wildman–Crippen MR) is 122 cm³/mol. The van der Waals surface area contributed by atoms with Crippen molar-refractivity contribution in [3.8, 4) is 0 Å². The molecule has 1 heterocycles. The van der Waals surface area contributed by atoms with Crippen LogP contribution in [0.5, 0.6) is 0 Å². The van der Waals surface area contributed by atoms with Crippen molar-refractivity contribution >= 4 is 40.7 Å². The van der Waals surface area contributed by atoms with E-state index in [9.17, 15) is 4.21 Å². The third kappa shape index (κ3) is 7.50. The SMILES string of the molecule is CCNC(=NCCc1ccncc1C)NC1CCCC(S(=O)CC)C1.I. The summed E-state index contributed by atoms with van der Waals surface area (Å²) in [5, 5.41) is 7.23. The summed E-state index contributed by atoms with van der Waals surface area (Å²) >= 11 is 0. The predicted octanol–water partition coefficient (Wildman–Crippen LogP) is 3.19. The molecule has 0 aromatic carbocycles. The Hall–Kier alpha value is -0.700. The zero-order valence-corrected chi connectivity index (χ0v) is 19.3. The number of nitrogens with zero attached hydrogens (tertiary/aromatic N) is 2. The van der Waals surface area contributed by atoms with E-state index in [4.69, 9.17) is 4.99 Å². The normalized spacial score (nSPS) is 21.6. The van der Waals surface area contributed by atoms with Crippen molar-refractivity contribution in [2.75, 3.05) is 18.8 Å². The molecular formula is C19H33IN4OS. The number of guanidine groups is 1. The summed E-state index contributed by atoms with van der Waals surface area (Å²) in [7, 11) is -0.692. The lowest BCUT2D eigenvalue weighted by atomic mass is 9.95. The molecular weight excluding hydrogens is 459 g/mol. The minimum atomic E-state index is -0.692. The Kier molecular flexibility index (Phi) is 11.4. The molecule has 3 unspecified atom stereocenters. The highest BCUT2D eigenvalue weighted by molar-refractivity contribution is 14.0. The Morgan fingerprint density at radius 1 is 1.38 bits per heavy atom. The molecule has 1 aliphatic carbocycles. The van der Waals surface area contributed by atoms with E-state index in [-0.39, 0.29) is 24.0 Å². The lowest BCUT2D eigenvalue weighted by Crippen LogP contribution is -2.46. The maximum absolute atomic E-state index is 12.1. The van der Waals surface area contributed by atoms with Crippen LogP contribution in [0.3, 0.4) is 0 Å². The average Bonchev–Trinajstić information content (AvgIpc) is 2.63. The summed E-state index contributed by atoms with van der Waals surface area (Å²) in [5.41, 5.74) is 2.51. The number of hydrogen-bond acceptors (Lipinski definition) is 3. The van der Waals surface area contributed by atoms with Crippen LogP contribution in [0.25, 0.3) is 0 Å². The molecule has 0 amide bonds. The van der Waals surface area contributed by atoms with Gasteiger partial charge in [0.2, 0.25) is 0 Å². The summed E-state index contributed by atoms with van der Waals surface area (Å²) < 4.78 is 12.1. The number of aryl methyl sites for hydroxylation is 1. The number of pyridine rings is 1. The first-order valence-electron chi connectivity index (χ1n) is 9.45. The quantitative estimate of drug-likeness (QED) is 0.349. The number of halogens is 1. The molecule has 1 saturated carbocycles. The summed E-state index contributed by atoms with van der Waals surface area (Å²) in [5.74, 6) is 1.64. The molecule has 7 heteroatoms. The minimum absolute atomic E-state index is 0. The summed E-state index contributed by atoms with van der Waals surface area (Å²) in [6.45, 7) is 7.78. The van der Waals surface area contributed by atoms with Gasteiger partial charge in [-0.3, -0.25) is 14.2 Å². The highest BCUT2D eigenvalue weighted by Gasteiger charge is 2.25. The fourth-order valence-corrected chi connectivity index (χ4v) is 4.68. The third-order valence-corrected chi connectivity index (χ3v) is 6.50. The van der Waals surface area contributed by atoms with Gasteiger partial charge >= 0.3 is 0 Å². The average molecular weight is 492 g/mol. The van der Waals surface area contributed by atoms with Crippen molar-refractivity contribution in [3.05, 3.63) is 29.6 Å². The van der Waals surface area contributed by atoms with Gasteiger partial charge < -0.3 is 10.6 Å². The van der Waals surface area contributed by atoms with Gasteiger partial charge in [0.05, 0.1) is 0 Å². The molecule has 0 saturated heterocycles. The van der Waals surface area contributed by atoms with E-state index in [2.05, 4.69) is 35.5 Å². The number of aliphatic imine (C=N–C) groups is 1. The Morgan fingerprint density at radius 2 is 2.19 bits per heavy atom. The molecule has 2 N–H and O–H groups in total. The van der Waals surface area contributed by atoms with E-state index in [0.29, 0.717) is 11.3 Å². The van der Waals surface area contributed by atoms with Crippen LogP contribution in [0.1, 0.15) is 50.7 Å². The van der Waals surface area contributed by atoms with E-state index in [1.165, 1.54) is 11.1 Å². The van der Waals surface area contributed by atoms with E-state index < -0.39 is 10.8 Å². The molecule has 1 fully saturated rings. The van der Waals surface area contributed by atoms with Crippen LogP contribution in [-0.4, -0.2) is 45.3 Å². The third-order valence-electron chi connectivity index (χ3n) is 4.76. The van der Waals surface area contributed by atoms with Gasteiger partial charge in [-0.2, -0.15) is 0 Å². The van der Waals surface area contributed by atoms with Crippen molar-refractivity contribution in [1.29, 1.82) is 0 Å². The largest absolute Gasteiger partial charge is 0.357 e. The molecule has 1 aromatic heterocycles. The van der Waals surface area contributed by atoms with Crippen molar-refractivity contribution in [2.45, 2.75) is 64.2 Å². The van der Waals surface area contributed by atoms with Crippen LogP contribution in [-0.2, 0) is 17.2 Å². The van der Waals surface area contributed by atoms with Gasteiger partial charge in [0.25, 0.3) is 0 Å². The van der Waals surface area contributed by atoms with E-state index >= 15 is 0 Å². The molecule has 1 aromatic rings. The maximum atomic E-state index is 12.1. The molecule has 0 spiro atoms. The van der Waals surface area contributed by atoms with E-state index in [0.717, 1.165) is 56.9 Å². The second kappa shape index (κ2) is 12.6. The second-order valence-electron chi connectivity index (χ2n) is 6.61.